The lowest BCUT2D eigenvalue weighted by atomic mass is 9.90. The van der Waals surface area contributed by atoms with Crippen molar-refractivity contribution in [2.45, 2.75) is 57.2 Å². The van der Waals surface area contributed by atoms with Crippen LogP contribution in [0.3, 0.4) is 0 Å². The summed E-state index contributed by atoms with van der Waals surface area (Å²) in [5.41, 5.74) is 8.75. The van der Waals surface area contributed by atoms with Crippen molar-refractivity contribution in [3.63, 3.8) is 0 Å². The molecular weight excluding hydrogens is 314 g/mol. The van der Waals surface area contributed by atoms with E-state index in [9.17, 15) is 4.79 Å². The number of nitrogens with zero attached hydrogens (tertiary/aromatic N) is 2. The molecule has 1 aromatic heterocycles. The monoisotopic (exact) mass is 341 g/mol. The molecule has 2 aliphatic rings. The number of hydrazine groups is 1. The van der Waals surface area contributed by atoms with Crippen molar-refractivity contribution < 1.29 is 4.79 Å². The molecule has 0 radical (unpaired) electrons. The molecule has 1 saturated carbocycles. The number of aromatic nitrogens is 2. The summed E-state index contributed by atoms with van der Waals surface area (Å²) in [6.07, 6.45) is 8.17. The predicted molar refractivity (Wildman–Crippen MR) is 97.9 cm³/mol. The molecule has 2 heterocycles. The van der Waals surface area contributed by atoms with Gasteiger partial charge in [-0.3, -0.25) is 15.6 Å². The van der Waals surface area contributed by atoms with Crippen LogP contribution in [-0.2, 0) is 4.79 Å². The van der Waals surface area contributed by atoms with E-state index < -0.39 is 0 Å². The van der Waals surface area contributed by atoms with Crippen molar-refractivity contribution in [3.05, 3.63) is 30.6 Å². The second kappa shape index (κ2) is 7.14. The number of carbonyl (C=O) groups excluding carboxylic acids is 1. The van der Waals surface area contributed by atoms with E-state index in [1.165, 1.54) is 32.1 Å². The molecule has 1 aromatic carbocycles. The lowest BCUT2D eigenvalue weighted by molar-refractivity contribution is -0.123. The van der Waals surface area contributed by atoms with Gasteiger partial charge in [0.05, 0.1) is 17.4 Å². The third-order valence-electron chi connectivity index (χ3n) is 5.81. The van der Waals surface area contributed by atoms with Crippen molar-refractivity contribution in [1.82, 2.24) is 25.7 Å². The third-order valence-corrected chi connectivity index (χ3v) is 5.81. The lowest BCUT2D eigenvalue weighted by Crippen LogP contribution is -2.44. The normalized spacial score (nSPS) is 27.6. The average molecular weight is 341 g/mol. The van der Waals surface area contributed by atoms with Crippen LogP contribution in [0.2, 0.25) is 0 Å². The van der Waals surface area contributed by atoms with Gasteiger partial charge in [-0.2, -0.15) is 0 Å². The van der Waals surface area contributed by atoms with Crippen LogP contribution in [0.15, 0.2) is 30.6 Å². The van der Waals surface area contributed by atoms with Gasteiger partial charge < -0.3 is 9.88 Å². The second-order valence-corrected chi connectivity index (χ2v) is 7.37. The Labute approximate surface area is 148 Å². The molecule has 1 saturated heterocycles. The summed E-state index contributed by atoms with van der Waals surface area (Å²) in [5, 5.41) is 3.14. The average Bonchev–Trinajstić information content (AvgIpc) is 3.16. The predicted octanol–water partition coefficient (Wildman–Crippen LogP) is 2.14. The van der Waals surface area contributed by atoms with E-state index in [0.29, 0.717) is 24.5 Å². The highest BCUT2D eigenvalue weighted by molar-refractivity contribution is 5.83. The quantitative estimate of drug-likeness (QED) is 0.797. The van der Waals surface area contributed by atoms with Crippen LogP contribution in [-0.4, -0.2) is 34.1 Å². The van der Waals surface area contributed by atoms with Gasteiger partial charge in [0.1, 0.15) is 6.04 Å². The zero-order valence-electron chi connectivity index (χ0n) is 14.7. The van der Waals surface area contributed by atoms with Gasteiger partial charge in [0, 0.05) is 18.6 Å². The van der Waals surface area contributed by atoms with Crippen molar-refractivity contribution in [2.24, 2.45) is 5.92 Å². The van der Waals surface area contributed by atoms with Gasteiger partial charge in [0.15, 0.2) is 0 Å². The summed E-state index contributed by atoms with van der Waals surface area (Å²) in [4.78, 5) is 17.0. The standard InChI is InChI=1S/C19H27N5O/c1-13(24-12-21-16-9-5-6-10-18(16)24)19(25)20-11-17-14-7-3-2-4-8-15(14)22-23-17/h5-6,9-10,12-15,17,22-23H,2-4,7-8,11H2,1H3,(H,20,25). The number of rotatable bonds is 4. The van der Waals surface area contributed by atoms with E-state index in [1.54, 1.807) is 6.33 Å². The first-order chi connectivity index (χ1) is 12.2. The second-order valence-electron chi connectivity index (χ2n) is 7.37. The summed E-state index contributed by atoms with van der Waals surface area (Å²) in [6, 6.07) is 8.52. The van der Waals surface area contributed by atoms with Gasteiger partial charge >= 0.3 is 0 Å². The Morgan fingerprint density at radius 3 is 3.04 bits per heavy atom. The molecule has 1 aliphatic carbocycles. The van der Waals surface area contributed by atoms with E-state index in [0.717, 1.165) is 11.0 Å². The topological polar surface area (TPSA) is 71.0 Å². The largest absolute Gasteiger partial charge is 0.353 e. The highest BCUT2D eigenvalue weighted by atomic mass is 16.2. The molecule has 1 aliphatic heterocycles. The van der Waals surface area contributed by atoms with Gasteiger partial charge in [-0.25, -0.2) is 4.98 Å². The van der Waals surface area contributed by atoms with Crippen molar-refractivity contribution in [3.8, 4) is 0 Å². The molecule has 4 unspecified atom stereocenters. The molecule has 2 aromatic rings. The Hall–Kier alpha value is -1.92. The van der Waals surface area contributed by atoms with Gasteiger partial charge in [0.25, 0.3) is 0 Å². The maximum absolute atomic E-state index is 12.7. The summed E-state index contributed by atoms with van der Waals surface area (Å²) in [6.45, 7) is 2.60. The van der Waals surface area contributed by atoms with E-state index in [-0.39, 0.29) is 11.9 Å². The van der Waals surface area contributed by atoms with Crippen LogP contribution in [0.1, 0.15) is 45.1 Å². The number of amides is 1. The maximum atomic E-state index is 12.7. The van der Waals surface area contributed by atoms with E-state index in [1.807, 2.05) is 35.8 Å². The van der Waals surface area contributed by atoms with Crippen molar-refractivity contribution in [1.29, 1.82) is 0 Å². The first kappa shape index (κ1) is 16.5. The Kier molecular flexibility index (Phi) is 4.72. The van der Waals surface area contributed by atoms with Crippen LogP contribution in [0.25, 0.3) is 11.0 Å². The van der Waals surface area contributed by atoms with Crippen LogP contribution in [0, 0.1) is 5.92 Å². The molecule has 2 fully saturated rings. The maximum Gasteiger partial charge on any atom is 0.242 e. The SMILES string of the molecule is CC(C(=O)NCC1NNC2CCCCCC21)n1cnc2ccccc21. The highest BCUT2D eigenvalue weighted by Crippen LogP contribution is 2.28. The number of benzene rings is 1. The molecule has 134 valence electrons. The molecule has 3 N–H and O–H groups in total. The molecule has 6 heteroatoms. The molecule has 4 atom stereocenters. The number of imidazole rings is 1. The van der Waals surface area contributed by atoms with E-state index in [4.69, 9.17) is 0 Å². The van der Waals surface area contributed by atoms with E-state index in [2.05, 4.69) is 21.2 Å². The number of hydrogen-bond donors (Lipinski definition) is 3. The van der Waals surface area contributed by atoms with Crippen LogP contribution in [0.4, 0.5) is 0 Å². The molecular formula is C19H27N5O. The number of hydrogen-bond acceptors (Lipinski definition) is 4. The minimum Gasteiger partial charge on any atom is -0.353 e. The molecule has 0 bridgehead atoms. The summed E-state index contributed by atoms with van der Waals surface area (Å²) in [7, 11) is 0. The van der Waals surface area contributed by atoms with Crippen molar-refractivity contribution in [2.75, 3.05) is 6.54 Å². The van der Waals surface area contributed by atoms with E-state index >= 15 is 0 Å². The smallest absolute Gasteiger partial charge is 0.242 e. The highest BCUT2D eigenvalue weighted by Gasteiger charge is 2.36. The number of fused-ring (bicyclic) bond motifs is 2. The Bertz CT molecular complexity index is 742. The number of carbonyl (C=O) groups is 1. The minimum atomic E-state index is -0.272. The van der Waals surface area contributed by atoms with Gasteiger partial charge in [-0.05, 0) is 37.8 Å². The first-order valence-corrected chi connectivity index (χ1v) is 9.44. The first-order valence-electron chi connectivity index (χ1n) is 9.44. The summed E-state index contributed by atoms with van der Waals surface area (Å²) in [5.74, 6) is 0.661. The number of nitrogens with one attached hydrogen (secondary N) is 3. The molecule has 1 amide bonds. The van der Waals surface area contributed by atoms with Crippen LogP contribution in [0.5, 0.6) is 0 Å². The van der Waals surface area contributed by atoms with Gasteiger partial charge in [0.2, 0.25) is 5.91 Å². The molecule has 6 nitrogen and oxygen atoms in total. The lowest BCUT2D eigenvalue weighted by Gasteiger charge is -2.22. The zero-order chi connectivity index (χ0) is 17.2. The zero-order valence-corrected chi connectivity index (χ0v) is 14.7. The van der Waals surface area contributed by atoms with Crippen molar-refractivity contribution >= 4 is 16.9 Å². The fraction of sp³-hybridized carbons (Fsp3) is 0.579. The summed E-state index contributed by atoms with van der Waals surface area (Å²) < 4.78 is 1.94. The van der Waals surface area contributed by atoms with Crippen LogP contribution >= 0.6 is 0 Å². The fourth-order valence-corrected chi connectivity index (χ4v) is 4.29. The minimum absolute atomic E-state index is 0.0435. The third kappa shape index (κ3) is 3.28. The molecule has 4 rings (SSSR count). The van der Waals surface area contributed by atoms with Crippen LogP contribution < -0.4 is 16.2 Å². The molecule has 0 spiro atoms. The number of para-hydroxylation sites is 2. The van der Waals surface area contributed by atoms with Gasteiger partial charge in [-0.1, -0.05) is 31.4 Å². The Morgan fingerprint density at radius 1 is 1.28 bits per heavy atom. The fourth-order valence-electron chi connectivity index (χ4n) is 4.29. The Balaban J connectivity index is 1.38. The molecule has 25 heavy (non-hydrogen) atoms. The Morgan fingerprint density at radius 2 is 2.12 bits per heavy atom. The summed E-state index contributed by atoms with van der Waals surface area (Å²) >= 11 is 0. The van der Waals surface area contributed by atoms with Gasteiger partial charge in [-0.15, -0.1) is 0 Å².